The average Bonchev–Trinajstić information content (AvgIpc) is 3.19. The lowest BCUT2D eigenvalue weighted by Crippen LogP contribution is -1.96. The zero-order chi connectivity index (χ0) is 35.3. The van der Waals surface area contributed by atoms with Gasteiger partial charge in [-0.25, -0.2) is 0 Å². The first-order chi connectivity index (χ1) is 25.6. The molecule has 0 aliphatic rings. The lowest BCUT2D eigenvalue weighted by atomic mass is 9.94. The van der Waals surface area contributed by atoms with Crippen LogP contribution in [0.15, 0.2) is 194 Å². The van der Waals surface area contributed by atoms with Crippen molar-refractivity contribution in [3.05, 3.63) is 205 Å². The highest BCUT2D eigenvalue weighted by molar-refractivity contribution is 5.89. The summed E-state index contributed by atoms with van der Waals surface area (Å²) in [5.74, 6) is 0. The standard InChI is InChI=1S/C50H40N2/c1-35-11-9-17-41(31-35)37-19-25-45(26-20-37)51-49-29-23-43(33-47(49)39-13-5-3-6-14-39)44-24-30-50(48(34-44)40-15-7-4-8-16-40)52-46-27-21-38(22-28-46)42-18-10-12-36(2)32-42/h3-34,51-52H,1-2H3. The Bertz CT molecular complexity index is 2270. The fourth-order valence-electron chi connectivity index (χ4n) is 6.83. The average molecular weight is 669 g/mol. The van der Waals surface area contributed by atoms with Crippen LogP contribution in [0.5, 0.6) is 0 Å². The molecule has 2 nitrogen and oxygen atoms in total. The maximum absolute atomic E-state index is 3.72. The van der Waals surface area contributed by atoms with Gasteiger partial charge >= 0.3 is 0 Å². The minimum Gasteiger partial charge on any atom is -0.355 e. The maximum atomic E-state index is 3.72. The summed E-state index contributed by atoms with van der Waals surface area (Å²) in [7, 11) is 0. The van der Waals surface area contributed by atoms with Crippen LogP contribution in [0.1, 0.15) is 11.1 Å². The second-order valence-corrected chi connectivity index (χ2v) is 13.4. The van der Waals surface area contributed by atoms with Crippen molar-refractivity contribution in [1.29, 1.82) is 0 Å². The lowest BCUT2D eigenvalue weighted by molar-refractivity contribution is 1.46. The predicted octanol–water partition coefficient (Wildman–Crippen LogP) is 14.1. The highest BCUT2D eigenvalue weighted by atomic mass is 14.9. The molecule has 52 heavy (non-hydrogen) atoms. The number of rotatable bonds is 9. The van der Waals surface area contributed by atoms with Crippen LogP contribution < -0.4 is 10.6 Å². The van der Waals surface area contributed by atoms with E-state index in [0.29, 0.717) is 0 Å². The van der Waals surface area contributed by atoms with Crippen LogP contribution in [0.25, 0.3) is 55.6 Å². The van der Waals surface area contributed by atoms with Crippen LogP contribution in [-0.4, -0.2) is 0 Å². The van der Waals surface area contributed by atoms with E-state index in [4.69, 9.17) is 0 Å². The summed E-state index contributed by atoms with van der Waals surface area (Å²) in [6.45, 7) is 4.27. The second kappa shape index (κ2) is 14.7. The Kier molecular flexibility index (Phi) is 9.19. The fourth-order valence-corrected chi connectivity index (χ4v) is 6.83. The Balaban J connectivity index is 1.12. The number of benzene rings is 8. The van der Waals surface area contributed by atoms with Crippen molar-refractivity contribution in [3.63, 3.8) is 0 Å². The zero-order valence-corrected chi connectivity index (χ0v) is 29.5. The number of hydrogen-bond donors (Lipinski definition) is 2. The summed E-state index contributed by atoms with van der Waals surface area (Å²) < 4.78 is 0. The fraction of sp³-hybridized carbons (Fsp3) is 0.0400. The van der Waals surface area contributed by atoms with E-state index in [9.17, 15) is 0 Å². The molecule has 0 radical (unpaired) electrons. The molecule has 0 heterocycles. The van der Waals surface area contributed by atoms with Crippen molar-refractivity contribution in [3.8, 4) is 55.6 Å². The highest BCUT2D eigenvalue weighted by Crippen LogP contribution is 2.39. The Morgan fingerprint density at radius 2 is 0.615 bits per heavy atom. The smallest absolute Gasteiger partial charge is 0.0464 e. The first kappa shape index (κ1) is 32.6. The SMILES string of the molecule is Cc1cccc(-c2ccc(Nc3ccc(-c4ccc(Nc5ccc(-c6cccc(C)c6)cc5)c(-c5ccccc5)c4)cc3-c3ccccc3)cc2)c1. The van der Waals surface area contributed by atoms with Gasteiger partial charge in [0, 0.05) is 33.9 Å². The minimum atomic E-state index is 1.05. The summed E-state index contributed by atoms with van der Waals surface area (Å²) in [4.78, 5) is 0. The summed E-state index contributed by atoms with van der Waals surface area (Å²) in [5.41, 5.74) is 18.6. The van der Waals surface area contributed by atoms with Crippen LogP contribution in [0.3, 0.4) is 0 Å². The Hall–Kier alpha value is -6.64. The number of anilines is 4. The monoisotopic (exact) mass is 668 g/mol. The molecule has 250 valence electrons. The van der Waals surface area contributed by atoms with Gasteiger partial charge in [-0.1, -0.05) is 157 Å². The molecule has 0 saturated heterocycles. The van der Waals surface area contributed by atoms with E-state index < -0.39 is 0 Å². The van der Waals surface area contributed by atoms with E-state index >= 15 is 0 Å². The topological polar surface area (TPSA) is 24.1 Å². The van der Waals surface area contributed by atoms with Crippen LogP contribution in [0.2, 0.25) is 0 Å². The van der Waals surface area contributed by atoms with E-state index in [1.807, 2.05) is 0 Å². The molecule has 0 spiro atoms. The van der Waals surface area contributed by atoms with Crippen LogP contribution in [-0.2, 0) is 0 Å². The van der Waals surface area contributed by atoms with Gasteiger partial charge in [0.25, 0.3) is 0 Å². The third-order valence-corrected chi connectivity index (χ3v) is 9.57. The first-order valence-electron chi connectivity index (χ1n) is 17.8. The van der Waals surface area contributed by atoms with Crippen molar-refractivity contribution in [2.45, 2.75) is 13.8 Å². The Morgan fingerprint density at radius 3 is 1.00 bits per heavy atom. The molecule has 2 heteroatoms. The van der Waals surface area contributed by atoms with E-state index in [0.717, 1.165) is 45.0 Å². The van der Waals surface area contributed by atoms with Crippen LogP contribution in [0, 0.1) is 13.8 Å². The summed E-state index contributed by atoms with van der Waals surface area (Å²) in [6, 6.07) is 69.4. The van der Waals surface area contributed by atoms with Gasteiger partial charge in [-0.2, -0.15) is 0 Å². The molecule has 0 saturated carbocycles. The second-order valence-electron chi connectivity index (χ2n) is 13.4. The molecular formula is C50H40N2. The highest BCUT2D eigenvalue weighted by Gasteiger charge is 2.13. The van der Waals surface area contributed by atoms with Gasteiger partial charge in [-0.05, 0) is 107 Å². The molecule has 0 aromatic heterocycles. The van der Waals surface area contributed by atoms with Gasteiger partial charge in [0.1, 0.15) is 0 Å². The van der Waals surface area contributed by atoms with Crippen molar-refractivity contribution >= 4 is 22.7 Å². The van der Waals surface area contributed by atoms with Crippen LogP contribution >= 0.6 is 0 Å². The van der Waals surface area contributed by atoms with Gasteiger partial charge in [0.15, 0.2) is 0 Å². The van der Waals surface area contributed by atoms with Crippen molar-refractivity contribution < 1.29 is 0 Å². The predicted molar refractivity (Wildman–Crippen MR) is 223 cm³/mol. The molecule has 0 atom stereocenters. The van der Waals surface area contributed by atoms with E-state index in [1.165, 1.54) is 44.5 Å². The maximum Gasteiger partial charge on any atom is 0.0464 e. The molecule has 0 fully saturated rings. The summed E-state index contributed by atoms with van der Waals surface area (Å²) in [5, 5.41) is 7.44. The first-order valence-corrected chi connectivity index (χ1v) is 17.8. The van der Waals surface area contributed by atoms with Gasteiger partial charge in [-0.3, -0.25) is 0 Å². The number of nitrogens with one attached hydrogen (secondary N) is 2. The largest absolute Gasteiger partial charge is 0.355 e. The normalized spacial score (nSPS) is 10.9. The molecule has 0 bridgehead atoms. The zero-order valence-electron chi connectivity index (χ0n) is 29.5. The Labute approximate surface area is 307 Å². The number of aryl methyl sites for hydroxylation is 2. The molecule has 2 N–H and O–H groups in total. The third kappa shape index (κ3) is 7.28. The minimum absolute atomic E-state index is 1.05. The summed E-state index contributed by atoms with van der Waals surface area (Å²) in [6.07, 6.45) is 0. The molecule has 8 aromatic rings. The molecule has 0 aliphatic carbocycles. The molecule has 0 aliphatic heterocycles. The quantitative estimate of drug-likeness (QED) is 0.160. The van der Waals surface area contributed by atoms with Crippen molar-refractivity contribution in [2.24, 2.45) is 0 Å². The Morgan fingerprint density at radius 1 is 0.269 bits per heavy atom. The number of hydrogen-bond acceptors (Lipinski definition) is 2. The van der Waals surface area contributed by atoms with Gasteiger partial charge in [0.2, 0.25) is 0 Å². The van der Waals surface area contributed by atoms with Crippen molar-refractivity contribution in [2.75, 3.05) is 10.6 Å². The van der Waals surface area contributed by atoms with Gasteiger partial charge in [-0.15, -0.1) is 0 Å². The summed E-state index contributed by atoms with van der Waals surface area (Å²) >= 11 is 0. The van der Waals surface area contributed by atoms with E-state index in [2.05, 4.69) is 219 Å². The van der Waals surface area contributed by atoms with Gasteiger partial charge < -0.3 is 10.6 Å². The van der Waals surface area contributed by atoms with E-state index in [-0.39, 0.29) is 0 Å². The van der Waals surface area contributed by atoms with Crippen molar-refractivity contribution in [1.82, 2.24) is 0 Å². The van der Waals surface area contributed by atoms with Gasteiger partial charge in [0.05, 0.1) is 0 Å². The third-order valence-electron chi connectivity index (χ3n) is 9.57. The molecule has 0 unspecified atom stereocenters. The molecule has 8 aromatic carbocycles. The lowest BCUT2D eigenvalue weighted by Gasteiger charge is -2.17. The molecule has 0 amide bonds. The molecule has 8 rings (SSSR count). The van der Waals surface area contributed by atoms with E-state index in [1.54, 1.807) is 0 Å². The van der Waals surface area contributed by atoms with Crippen LogP contribution in [0.4, 0.5) is 22.7 Å². The molecular weight excluding hydrogens is 629 g/mol.